The van der Waals surface area contributed by atoms with Crippen LogP contribution in [-0.2, 0) is 0 Å². The van der Waals surface area contributed by atoms with Crippen LogP contribution in [0.3, 0.4) is 0 Å². The second-order valence-corrected chi connectivity index (χ2v) is 4.80. The molecule has 1 aromatic rings. The van der Waals surface area contributed by atoms with Gasteiger partial charge in [0.2, 0.25) is 5.88 Å². The summed E-state index contributed by atoms with van der Waals surface area (Å²) in [6.07, 6.45) is 7.18. The first-order valence-corrected chi connectivity index (χ1v) is 6.95. The predicted molar refractivity (Wildman–Crippen MR) is 73.9 cm³/mol. The van der Waals surface area contributed by atoms with Crippen LogP contribution in [0.25, 0.3) is 0 Å². The highest BCUT2D eigenvalue weighted by Crippen LogP contribution is 2.33. The number of furan rings is 1. The molecule has 1 aliphatic rings. The molecule has 0 amide bonds. The Morgan fingerprint density at radius 2 is 2.11 bits per heavy atom. The summed E-state index contributed by atoms with van der Waals surface area (Å²) in [5.41, 5.74) is 7.33. The lowest BCUT2D eigenvalue weighted by Crippen LogP contribution is -2.41. The molecule has 1 atom stereocenters. The molecule has 0 radical (unpaired) electrons. The summed E-state index contributed by atoms with van der Waals surface area (Å²) in [6, 6.07) is 1.93. The minimum atomic E-state index is -0.102. The number of amidine groups is 1. The number of hydrogen-bond donors (Lipinski definition) is 1. The molecule has 2 rings (SSSR count). The lowest BCUT2D eigenvalue weighted by atomic mass is 10.1. The van der Waals surface area contributed by atoms with Crippen molar-refractivity contribution < 1.29 is 4.42 Å². The van der Waals surface area contributed by atoms with E-state index in [0.29, 0.717) is 5.88 Å². The largest absolute Gasteiger partial charge is 0.446 e. The minimum Gasteiger partial charge on any atom is -0.446 e. The van der Waals surface area contributed by atoms with Crippen LogP contribution in [0, 0.1) is 0 Å². The standard InChI is InChI=1S/C14H23N3O/c1-3-5-7-12-16-14-11(8-10-18-14)13(15)17(12)9-6-4-2/h8,10,13H,3-7,9,15H2,1-2H3. The first-order valence-electron chi connectivity index (χ1n) is 6.95. The molecule has 0 spiro atoms. The summed E-state index contributed by atoms with van der Waals surface area (Å²) < 4.78 is 5.40. The monoisotopic (exact) mass is 249 g/mol. The number of fused-ring (bicyclic) bond motifs is 1. The van der Waals surface area contributed by atoms with E-state index in [-0.39, 0.29) is 6.17 Å². The number of hydrogen-bond acceptors (Lipinski definition) is 4. The molecule has 1 aromatic heterocycles. The number of nitrogens with two attached hydrogens (primary N) is 1. The smallest absolute Gasteiger partial charge is 0.226 e. The van der Waals surface area contributed by atoms with Crippen LogP contribution >= 0.6 is 0 Å². The van der Waals surface area contributed by atoms with Crippen molar-refractivity contribution in [1.29, 1.82) is 0 Å². The SMILES string of the molecule is CCCCC1=Nc2occc2C(N)N1CCCC. The highest BCUT2D eigenvalue weighted by molar-refractivity contribution is 5.86. The Bertz CT molecular complexity index is 411. The summed E-state index contributed by atoms with van der Waals surface area (Å²) in [6.45, 7) is 5.37. The van der Waals surface area contributed by atoms with Gasteiger partial charge in [-0.3, -0.25) is 0 Å². The molecule has 2 N–H and O–H groups in total. The molecular weight excluding hydrogens is 226 g/mol. The summed E-state index contributed by atoms with van der Waals surface area (Å²) >= 11 is 0. The van der Waals surface area contributed by atoms with E-state index in [9.17, 15) is 0 Å². The van der Waals surface area contributed by atoms with Gasteiger partial charge in [-0.25, -0.2) is 0 Å². The Morgan fingerprint density at radius 3 is 2.83 bits per heavy atom. The van der Waals surface area contributed by atoms with Crippen LogP contribution < -0.4 is 5.73 Å². The third-order valence-corrected chi connectivity index (χ3v) is 3.40. The number of unbranched alkanes of at least 4 members (excludes halogenated alkanes) is 2. The summed E-state index contributed by atoms with van der Waals surface area (Å²) in [7, 11) is 0. The van der Waals surface area contributed by atoms with Gasteiger partial charge in [0.15, 0.2) is 0 Å². The van der Waals surface area contributed by atoms with Crippen LogP contribution in [0.2, 0.25) is 0 Å². The van der Waals surface area contributed by atoms with Crippen molar-refractivity contribution in [1.82, 2.24) is 4.90 Å². The maximum absolute atomic E-state index is 6.32. The Labute approximate surface area is 109 Å². The maximum Gasteiger partial charge on any atom is 0.226 e. The molecule has 4 heteroatoms. The second-order valence-electron chi connectivity index (χ2n) is 4.80. The van der Waals surface area contributed by atoms with Crippen molar-refractivity contribution in [2.75, 3.05) is 6.54 Å². The molecule has 0 saturated carbocycles. The van der Waals surface area contributed by atoms with Crippen molar-refractivity contribution in [2.45, 2.75) is 52.1 Å². The van der Waals surface area contributed by atoms with E-state index in [1.165, 1.54) is 12.8 Å². The lowest BCUT2D eigenvalue weighted by Gasteiger charge is -2.34. The van der Waals surface area contributed by atoms with Crippen molar-refractivity contribution in [3.05, 3.63) is 17.9 Å². The Hall–Kier alpha value is -1.29. The summed E-state index contributed by atoms with van der Waals surface area (Å²) in [5.74, 6) is 1.78. The normalized spacial score (nSPS) is 18.7. The average molecular weight is 249 g/mol. The van der Waals surface area contributed by atoms with E-state index in [2.05, 4.69) is 23.7 Å². The summed E-state index contributed by atoms with van der Waals surface area (Å²) in [5, 5.41) is 0. The van der Waals surface area contributed by atoms with Gasteiger partial charge in [-0.2, -0.15) is 4.99 Å². The third kappa shape index (κ3) is 2.58. The van der Waals surface area contributed by atoms with Crippen molar-refractivity contribution in [2.24, 2.45) is 10.7 Å². The van der Waals surface area contributed by atoms with E-state index in [1.807, 2.05) is 6.07 Å². The zero-order chi connectivity index (χ0) is 13.0. The van der Waals surface area contributed by atoms with Gasteiger partial charge < -0.3 is 15.1 Å². The quantitative estimate of drug-likeness (QED) is 0.838. The number of aliphatic imine (C=N–C) groups is 1. The van der Waals surface area contributed by atoms with E-state index in [4.69, 9.17) is 10.2 Å². The molecular formula is C14H23N3O. The van der Waals surface area contributed by atoms with Crippen LogP contribution in [-0.4, -0.2) is 17.3 Å². The highest BCUT2D eigenvalue weighted by atomic mass is 16.3. The van der Waals surface area contributed by atoms with E-state index >= 15 is 0 Å². The fraction of sp³-hybridized carbons (Fsp3) is 0.643. The van der Waals surface area contributed by atoms with Crippen molar-refractivity contribution >= 4 is 11.7 Å². The van der Waals surface area contributed by atoms with Crippen molar-refractivity contribution in [3.8, 4) is 0 Å². The summed E-state index contributed by atoms with van der Waals surface area (Å²) in [4.78, 5) is 6.86. The molecule has 0 fully saturated rings. The number of rotatable bonds is 6. The highest BCUT2D eigenvalue weighted by Gasteiger charge is 2.28. The van der Waals surface area contributed by atoms with E-state index in [1.54, 1.807) is 6.26 Å². The molecule has 0 saturated heterocycles. The van der Waals surface area contributed by atoms with E-state index < -0.39 is 0 Å². The molecule has 0 aromatic carbocycles. The fourth-order valence-corrected chi connectivity index (χ4v) is 2.27. The van der Waals surface area contributed by atoms with Crippen LogP contribution in [0.15, 0.2) is 21.7 Å². The fourth-order valence-electron chi connectivity index (χ4n) is 2.27. The van der Waals surface area contributed by atoms with Gasteiger partial charge in [-0.1, -0.05) is 26.7 Å². The molecule has 1 aliphatic heterocycles. The van der Waals surface area contributed by atoms with E-state index in [0.717, 1.165) is 37.2 Å². The van der Waals surface area contributed by atoms with Gasteiger partial charge in [0.05, 0.1) is 11.8 Å². The third-order valence-electron chi connectivity index (χ3n) is 3.40. The van der Waals surface area contributed by atoms with Crippen LogP contribution in [0.4, 0.5) is 5.88 Å². The minimum absolute atomic E-state index is 0.102. The van der Waals surface area contributed by atoms with Gasteiger partial charge in [-0.05, 0) is 18.9 Å². The van der Waals surface area contributed by atoms with Gasteiger partial charge in [0.25, 0.3) is 0 Å². The molecule has 1 unspecified atom stereocenters. The van der Waals surface area contributed by atoms with Crippen molar-refractivity contribution in [3.63, 3.8) is 0 Å². The van der Waals surface area contributed by atoms with Gasteiger partial charge in [-0.15, -0.1) is 0 Å². The molecule has 0 bridgehead atoms. The molecule has 100 valence electrons. The number of nitrogens with zero attached hydrogens (tertiary/aromatic N) is 2. The zero-order valence-electron chi connectivity index (χ0n) is 11.4. The average Bonchev–Trinajstić information content (AvgIpc) is 2.84. The van der Waals surface area contributed by atoms with Crippen LogP contribution in [0.1, 0.15) is 57.7 Å². The zero-order valence-corrected chi connectivity index (χ0v) is 11.4. The molecule has 4 nitrogen and oxygen atoms in total. The molecule has 18 heavy (non-hydrogen) atoms. The molecule has 0 aliphatic carbocycles. The van der Waals surface area contributed by atoms with Gasteiger partial charge in [0, 0.05) is 13.0 Å². The first-order chi connectivity index (χ1) is 8.77. The maximum atomic E-state index is 6.32. The Balaban J connectivity index is 2.20. The lowest BCUT2D eigenvalue weighted by molar-refractivity contribution is 0.302. The van der Waals surface area contributed by atoms with Gasteiger partial charge in [0.1, 0.15) is 12.0 Å². The Kier molecular flexibility index (Phi) is 4.42. The van der Waals surface area contributed by atoms with Gasteiger partial charge >= 0.3 is 0 Å². The predicted octanol–water partition coefficient (Wildman–Crippen LogP) is 3.57. The van der Waals surface area contributed by atoms with Crippen LogP contribution in [0.5, 0.6) is 0 Å². The topological polar surface area (TPSA) is 54.8 Å². The molecule has 2 heterocycles. The Morgan fingerprint density at radius 1 is 1.33 bits per heavy atom. The second kappa shape index (κ2) is 6.05. The first kappa shape index (κ1) is 13.1.